The van der Waals surface area contributed by atoms with Crippen LogP contribution in [0.3, 0.4) is 0 Å². The van der Waals surface area contributed by atoms with Gasteiger partial charge >= 0.3 is 0 Å². The van der Waals surface area contributed by atoms with Gasteiger partial charge in [0, 0.05) is 36.6 Å². The molecule has 2 aromatic heterocycles. The molecular formula is C20H20ClN5O3. The van der Waals surface area contributed by atoms with E-state index in [2.05, 4.69) is 22.2 Å². The Kier molecular flexibility index (Phi) is 5.84. The fraction of sp³-hybridized carbons (Fsp3) is 0.200. The summed E-state index contributed by atoms with van der Waals surface area (Å²) in [6, 6.07) is 6.41. The molecule has 0 saturated carbocycles. The monoisotopic (exact) mass is 413 g/mol. The molecule has 3 aromatic rings. The molecule has 0 fully saturated rings. The molecule has 0 radical (unpaired) electrons. The van der Waals surface area contributed by atoms with Gasteiger partial charge in [0.05, 0.1) is 5.69 Å². The minimum absolute atomic E-state index is 0.0271. The lowest BCUT2D eigenvalue weighted by atomic mass is 10.1. The summed E-state index contributed by atoms with van der Waals surface area (Å²) in [5.74, 6) is -0.893. The third-order valence-corrected chi connectivity index (χ3v) is 4.73. The van der Waals surface area contributed by atoms with Crippen LogP contribution in [0.1, 0.15) is 17.4 Å². The molecule has 0 bridgehead atoms. The lowest BCUT2D eigenvalue weighted by Gasteiger charge is -2.13. The Bertz CT molecular complexity index is 1160. The molecule has 0 aliphatic carbocycles. The Morgan fingerprint density at radius 3 is 2.69 bits per heavy atom. The Morgan fingerprint density at radius 2 is 2.03 bits per heavy atom. The summed E-state index contributed by atoms with van der Waals surface area (Å²) in [6.45, 7) is 5.51. The van der Waals surface area contributed by atoms with E-state index >= 15 is 0 Å². The first kappa shape index (κ1) is 20.3. The molecule has 9 heteroatoms. The van der Waals surface area contributed by atoms with Crippen molar-refractivity contribution in [3.8, 4) is 11.3 Å². The molecule has 0 saturated heterocycles. The minimum atomic E-state index is -0.742. The van der Waals surface area contributed by atoms with Crippen molar-refractivity contribution in [3.63, 3.8) is 0 Å². The predicted molar refractivity (Wildman–Crippen MR) is 111 cm³/mol. The molecule has 3 rings (SSSR count). The van der Waals surface area contributed by atoms with Crippen molar-refractivity contribution in [1.29, 1.82) is 0 Å². The van der Waals surface area contributed by atoms with Gasteiger partial charge < -0.3 is 10.6 Å². The molecular weight excluding hydrogens is 394 g/mol. The van der Waals surface area contributed by atoms with Gasteiger partial charge in [-0.2, -0.15) is 0 Å². The Hall–Kier alpha value is -3.39. The number of likely N-dealkylation sites (N-methyl/N-ethyl adjacent to an activating group) is 1. The van der Waals surface area contributed by atoms with Crippen LogP contribution >= 0.6 is 11.6 Å². The smallest absolute Gasteiger partial charge is 0.295 e. The maximum absolute atomic E-state index is 13.0. The number of fused-ring (bicyclic) bond motifs is 1. The summed E-state index contributed by atoms with van der Waals surface area (Å²) in [5.41, 5.74) is 0.958. The van der Waals surface area contributed by atoms with E-state index in [1.807, 2.05) is 6.07 Å². The van der Waals surface area contributed by atoms with Gasteiger partial charge in [-0.25, -0.2) is 4.98 Å². The summed E-state index contributed by atoms with van der Waals surface area (Å²) >= 11 is 6.32. The van der Waals surface area contributed by atoms with E-state index in [0.29, 0.717) is 16.3 Å². The van der Waals surface area contributed by atoms with Crippen LogP contribution in [-0.4, -0.2) is 38.9 Å². The Morgan fingerprint density at radius 1 is 1.31 bits per heavy atom. The first-order valence-corrected chi connectivity index (χ1v) is 9.26. The van der Waals surface area contributed by atoms with E-state index in [-0.39, 0.29) is 29.4 Å². The van der Waals surface area contributed by atoms with Gasteiger partial charge in [0.15, 0.2) is 0 Å². The van der Waals surface area contributed by atoms with Gasteiger partial charge in [-0.1, -0.05) is 35.9 Å². The molecule has 29 heavy (non-hydrogen) atoms. The van der Waals surface area contributed by atoms with E-state index in [1.165, 1.54) is 22.2 Å². The zero-order valence-corrected chi connectivity index (χ0v) is 16.7. The van der Waals surface area contributed by atoms with Gasteiger partial charge in [-0.3, -0.25) is 23.4 Å². The van der Waals surface area contributed by atoms with Gasteiger partial charge in [0.25, 0.3) is 11.5 Å². The first-order chi connectivity index (χ1) is 13.9. The van der Waals surface area contributed by atoms with Crippen LogP contribution < -0.4 is 16.2 Å². The molecule has 0 spiro atoms. The number of hydrogen-bond donors (Lipinski definition) is 2. The number of nitrogens with zero attached hydrogens (tertiary/aromatic N) is 3. The summed E-state index contributed by atoms with van der Waals surface area (Å²) in [4.78, 5) is 41.3. The average molecular weight is 414 g/mol. The lowest BCUT2D eigenvalue weighted by molar-refractivity contribution is -0.122. The summed E-state index contributed by atoms with van der Waals surface area (Å²) in [7, 11) is 1.48. The third-order valence-electron chi connectivity index (χ3n) is 4.40. The lowest BCUT2D eigenvalue weighted by Crippen LogP contribution is -2.43. The second-order valence-electron chi connectivity index (χ2n) is 6.37. The second-order valence-corrected chi connectivity index (χ2v) is 6.77. The van der Waals surface area contributed by atoms with Crippen LogP contribution in [0.2, 0.25) is 5.02 Å². The van der Waals surface area contributed by atoms with Crippen molar-refractivity contribution < 1.29 is 9.59 Å². The number of hydrogen-bond acceptors (Lipinski definition) is 4. The molecule has 2 N–H and O–H groups in total. The number of nitrogens with one attached hydrogen (secondary N) is 2. The van der Waals surface area contributed by atoms with Gasteiger partial charge in [0.1, 0.15) is 11.7 Å². The van der Waals surface area contributed by atoms with Gasteiger partial charge in [-0.05, 0) is 13.0 Å². The standard InChI is InChI=1S/C20H20ClN5O3/c1-4-9-26-16(13-7-5-6-8-14(13)21)11-25-10-15(24-17(25)20(26)29)19(28)23-12(2)18(27)22-3/h4-8,10-12H,1,9H2,2-3H3,(H,22,27)(H,23,28)/t12-/m0/s1. The molecule has 2 amide bonds. The molecule has 1 atom stereocenters. The zero-order valence-electron chi connectivity index (χ0n) is 16.0. The molecule has 8 nitrogen and oxygen atoms in total. The summed E-state index contributed by atoms with van der Waals surface area (Å²) in [6.07, 6.45) is 4.73. The SMILES string of the molecule is C=CCn1c(-c2ccccc2Cl)cn2cc(C(=O)N[C@@H](C)C(=O)NC)nc2c1=O. The topological polar surface area (TPSA) is 97.5 Å². The maximum Gasteiger partial charge on any atom is 0.295 e. The normalized spacial score (nSPS) is 11.8. The van der Waals surface area contributed by atoms with Crippen LogP contribution in [0.4, 0.5) is 0 Å². The average Bonchev–Trinajstić information content (AvgIpc) is 3.14. The van der Waals surface area contributed by atoms with Crippen LogP contribution in [0.15, 0.2) is 54.1 Å². The predicted octanol–water partition coefficient (Wildman–Crippen LogP) is 1.87. The quantitative estimate of drug-likeness (QED) is 0.603. The highest BCUT2D eigenvalue weighted by Crippen LogP contribution is 2.27. The van der Waals surface area contributed by atoms with E-state index < -0.39 is 11.9 Å². The molecule has 150 valence electrons. The van der Waals surface area contributed by atoms with Crippen molar-refractivity contribution in [2.45, 2.75) is 19.5 Å². The highest BCUT2D eigenvalue weighted by Gasteiger charge is 2.20. The minimum Gasteiger partial charge on any atom is -0.357 e. The van der Waals surface area contributed by atoms with Gasteiger partial charge in [0.2, 0.25) is 11.6 Å². The molecule has 0 aliphatic heterocycles. The van der Waals surface area contributed by atoms with E-state index in [0.717, 1.165) is 0 Å². The number of rotatable bonds is 6. The number of benzene rings is 1. The van der Waals surface area contributed by atoms with Crippen LogP contribution in [0.5, 0.6) is 0 Å². The van der Waals surface area contributed by atoms with Crippen LogP contribution in [0, 0.1) is 0 Å². The van der Waals surface area contributed by atoms with Crippen LogP contribution in [0.25, 0.3) is 16.9 Å². The third kappa shape index (κ3) is 3.93. The maximum atomic E-state index is 13.0. The number of amides is 2. The van der Waals surface area contributed by atoms with E-state index in [1.54, 1.807) is 37.4 Å². The number of halogens is 1. The van der Waals surface area contributed by atoms with Gasteiger partial charge in [-0.15, -0.1) is 6.58 Å². The molecule has 0 aliphatic rings. The fourth-order valence-electron chi connectivity index (χ4n) is 2.94. The van der Waals surface area contributed by atoms with Crippen LogP contribution in [-0.2, 0) is 11.3 Å². The number of imidazole rings is 1. The largest absolute Gasteiger partial charge is 0.357 e. The molecule has 2 heterocycles. The van der Waals surface area contributed by atoms with Crippen molar-refractivity contribution >= 4 is 29.1 Å². The molecule has 1 aromatic carbocycles. The Labute approximate surface area is 171 Å². The number of carbonyl (C=O) groups excluding carboxylic acids is 2. The number of carbonyl (C=O) groups is 2. The molecule has 0 unspecified atom stereocenters. The van der Waals surface area contributed by atoms with Crippen molar-refractivity contribution in [3.05, 3.63) is 70.4 Å². The van der Waals surface area contributed by atoms with E-state index in [9.17, 15) is 14.4 Å². The highest BCUT2D eigenvalue weighted by atomic mass is 35.5. The first-order valence-electron chi connectivity index (χ1n) is 8.88. The summed E-state index contributed by atoms with van der Waals surface area (Å²) < 4.78 is 2.98. The Balaban J connectivity index is 2.11. The van der Waals surface area contributed by atoms with Crippen molar-refractivity contribution in [2.24, 2.45) is 0 Å². The fourth-order valence-corrected chi connectivity index (χ4v) is 3.17. The van der Waals surface area contributed by atoms with Crippen molar-refractivity contribution in [1.82, 2.24) is 24.6 Å². The number of aromatic nitrogens is 3. The van der Waals surface area contributed by atoms with Crippen molar-refractivity contribution in [2.75, 3.05) is 7.05 Å². The van der Waals surface area contributed by atoms with E-state index in [4.69, 9.17) is 11.6 Å². The summed E-state index contributed by atoms with van der Waals surface area (Å²) in [5, 5.41) is 5.49. The second kappa shape index (κ2) is 8.32. The number of allylic oxidation sites excluding steroid dienone is 1. The highest BCUT2D eigenvalue weighted by molar-refractivity contribution is 6.33. The zero-order chi connectivity index (χ0) is 21.1.